The van der Waals surface area contributed by atoms with E-state index in [-0.39, 0.29) is 22.2 Å². The molecule has 1 amide bonds. The van der Waals surface area contributed by atoms with Crippen molar-refractivity contribution in [2.75, 3.05) is 15.9 Å². The maximum Gasteiger partial charge on any atom is 0.248 e. The number of nitrogens with one attached hydrogen (secondary N) is 1. The summed E-state index contributed by atoms with van der Waals surface area (Å²) in [5.41, 5.74) is 0.612. The zero-order chi connectivity index (χ0) is 19.5. The minimum absolute atomic E-state index is 0.214. The Hall–Kier alpha value is -1.47. The van der Waals surface area contributed by atoms with Crippen LogP contribution in [0, 0.1) is 0 Å². The Morgan fingerprint density at radius 3 is 2.19 bits per heavy atom. The van der Waals surface area contributed by atoms with Gasteiger partial charge in [0.05, 0.1) is 22.7 Å². The molecule has 0 aliphatic rings. The number of rotatable bonds is 6. The van der Waals surface area contributed by atoms with Crippen molar-refractivity contribution in [2.45, 2.75) is 19.4 Å². The summed E-state index contributed by atoms with van der Waals surface area (Å²) in [4.78, 5) is 12.8. The summed E-state index contributed by atoms with van der Waals surface area (Å²) in [6, 6.07) is 10.1. The van der Waals surface area contributed by atoms with Gasteiger partial charge in [0, 0.05) is 10.0 Å². The van der Waals surface area contributed by atoms with Crippen LogP contribution in [-0.2, 0) is 14.8 Å². The third-order valence-corrected chi connectivity index (χ3v) is 5.51. The molecule has 5 nitrogen and oxygen atoms in total. The molecular weight excluding hydrogens is 419 g/mol. The van der Waals surface area contributed by atoms with Crippen LogP contribution in [0.2, 0.25) is 15.1 Å². The highest BCUT2D eigenvalue weighted by molar-refractivity contribution is 7.92. The Morgan fingerprint density at radius 2 is 1.69 bits per heavy atom. The van der Waals surface area contributed by atoms with Crippen LogP contribution in [0.25, 0.3) is 0 Å². The predicted molar refractivity (Wildman–Crippen MR) is 108 cm³/mol. The first-order valence-corrected chi connectivity index (χ1v) is 10.6. The van der Waals surface area contributed by atoms with E-state index < -0.39 is 22.0 Å². The van der Waals surface area contributed by atoms with Gasteiger partial charge in [0.1, 0.15) is 6.04 Å². The van der Waals surface area contributed by atoms with E-state index in [1.54, 1.807) is 31.2 Å². The highest BCUT2D eigenvalue weighted by atomic mass is 35.5. The third kappa shape index (κ3) is 5.04. The SMILES string of the molecule is CCC(C(=O)Nc1ccccc1Cl)N(c1cc(Cl)cc(Cl)c1)S(C)(=O)=O. The lowest BCUT2D eigenvalue weighted by Crippen LogP contribution is -2.47. The number of nitrogens with zero attached hydrogens (tertiary/aromatic N) is 1. The van der Waals surface area contributed by atoms with Crippen molar-refractivity contribution in [1.29, 1.82) is 0 Å². The van der Waals surface area contributed by atoms with Crippen molar-refractivity contribution in [3.63, 3.8) is 0 Å². The fourth-order valence-corrected chi connectivity index (χ4v) is 4.40. The van der Waals surface area contributed by atoms with Crippen molar-refractivity contribution in [3.8, 4) is 0 Å². The van der Waals surface area contributed by atoms with E-state index in [9.17, 15) is 13.2 Å². The Labute approximate surface area is 167 Å². The molecule has 26 heavy (non-hydrogen) atoms. The van der Waals surface area contributed by atoms with Crippen LogP contribution in [0.3, 0.4) is 0 Å². The first-order valence-electron chi connectivity index (χ1n) is 7.64. The van der Waals surface area contributed by atoms with E-state index in [0.717, 1.165) is 10.6 Å². The fourth-order valence-electron chi connectivity index (χ4n) is 2.51. The highest BCUT2D eigenvalue weighted by Crippen LogP contribution is 2.30. The number of carbonyl (C=O) groups is 1. The van der Waals surface area contributed by atoms with Gasteiger partial charge in [0.25, 0.3) is 0 Å². The minimum Gasteiger partial charge on any atom is -0.323 e. The summed E-state index contributed by atoms with van der Waals surface area (Å²) in [7, 11) is -3.79. The second-order valence-electron chi connectivity index (χ2n) is 5.58. The minimum atomic E-state index is -3.79. The van der Waals surface area contributed by atoms with Crippen LogP contribution in [0.4, 0.5) is 11.4 Å². The van der Waals surface area contributed by atoms with Gasteiger partial charge in [-0.25, -0.2) is 8.42 Å². The van der Waals surface area contributed by atoms with Gasteiger partial charge >= 0.3 is 0 Å². The van der Waals surface area contributed by atoms with Crippen molar-refractivity contribution < 1.29 is 13.2 Å². The summed E-state index contributed by atoms with van der Waals surface area (Å²) in [5, 5.41) is 3.56. The molecule has 0 aromatic heterocycles. The number of hydrogen-bond donors (Lipinski definition) is 1. The van der Waals surface area contributed by atoms with Gasteiger partial charge in [-0.2, -0.15) is 0 Å². The quantitative estimate of drug-likeness (QED) is 0.706. The maximum atomic E-state index is 12.8. The summed E-state index contributed by atoms with van der Waals surface area (Å²) in [6.45, 7) is 1.71. The van der Waals surface area contributed by atoms with Gasteiger partial charge in [0.2, 0.25) is 15.9 Å². The summed E-state index contributed by atoms with van der Waals surface area (Å²) >= 11 is 18.1. The molecule has 140 valence electrons. The van der Waals surface area contributed by atoms with E-state index in [4.69, 9.17) is 34.8 Å². The molecule has 1 N–H and O–H groups in total. The molecule has 0 saturated carbocycles. The zero-order valence-electron chi connectivity index (χ0n) is 14.0. The zero-order valence-corrected chi connectivity index (χ0v) is 17.1. The molecule has 0 heterocycles. The molecule has 0 fully saturated rings. The fraction of sp³-hybridized carbons (Fsp3) is 0.235. The van der Waals surface area contributed by atoms with E-state index in [1.165, 1.54) is 18.2 Å². The number of sulfonamides is 1. The molecule has 0 saturated heterocycles. The molecule has 0 spiro atoms. The lowest BCUT2D eigenvalue weighted by atomic mass is 10.2. The highest BCUT2D eigenvalue weighted by Gasteiger charge is 2.32. The van der Waals surface area contributed by atoms with Gasteiger partial charge < -0.3 is 5.32 Å². The average Bonchev–Trinajstić information content (AvgIpc) is 2.52. The van der Waals surface area contributed by atoms with Crippen molar-refractivity contribution >= 4 is 62.1 Å². The molecule has 9 heteroatoms. The monoisotopic (exact) mass is 434 g/mol. The lowest BCUT2D eigenvalue weighted by molar-refractivity contribution is -0.117. The number of anilines is 2. The summed E-state index contributed by atoms with van der Waals surface area (Å²) in [5.74, 6) is -0.512. The van der Waals surface area contributed by atoms with Crippen LogP contribution in [0.1, 0.15) is 13.3 Å². The molecule has 0 radical (unpaired) electrons. The van der Waals surface area contributed by atoms with Crippen LogP contribution < -0.4 is 9.62 Å². The van der Waals surface area contributed by atoms with Crippen molar-refractivity contribution in [2.24, 2.45) is 0 Å². The molecule has 1 unspecified atom stereocenters. The standard InChI is InChI=1S/C17H17Cl3N2O3S/c1-3-16(17(23)21-15-7-5-4-6-14(15)20)22(26(2,24)25)13-9-11(18)8-12(19)10-13/h4-10,16H,3H2,1-2H3,(H,21,23). The average molecular weight is 436 g/mol. The van der Waals surface area contributed by atoms with E-state index in [1.807, 2.05) is 0 Å². The molecule has 0 aliphatic carbocycles. The predicted octanol–water partition coefficient (Wildman–Crippen LogP) is 4.83. The van der Waals surface area contributed by atoms with Gasteiger partial charge in [-0.05, 0) is 36.8 Å². The van der Waals surface area contributed by atoms with Crippen LogP contribution >= 0.6 is 34.8 Å². The Morgan fingerprint density at radius 1 is 1.12 bits per heavy atom. The topological polar surface area (TPSA) is 66.5 Å². The third-order valence-electron chi connectivity index (χ3n) is 3.56. The molecule has 0 bridgehead atoms. The van der Waals surface area contributed by atoms with Crippen LogP contribution in [-0.4, -0.2) is 26.6 Å². The Balaban J connectivity index is 2.44. The Bertz CT molecular complexity index is 899. The summed E-state index contributed by atoms with van der Waals surface area (Å²) in [6.07, 6.45) is 1.25. The van der Waals surface area contributed by atoms with E-state index in [0.29, 0.717) is 10.7 Å². The van der Waals surface area contributed by atoms with Crippen LogP contribution in [0.15, 0.2) is 42.5 Å². The molecule has 2 aromatic carbocycles. The first kappa shape index (κ1) is 20.8. The number of halogens is 3. The molecular formula is C17H17Cl3N2O3S. The molecule has 2 aromatic rings. The second kappa shape index (κ2) is 8.48. The second-order valence-corrected chi connectivity index (χ2v) is 8.72. The number of para-hydroxylation sites is 1. The number of carbonyl (C=O) groups excluding carboxylic acids is 1. The summed E-state index contributed by atoms with van der Waals surface area (Å²) < 4.78 is 25.8. The van der Waals surface area contributed by atoms with E-state index in [2.05, 4.69) is 5.32 Å². The van der Waals surface area contributed by atoms with Crippen LogP contribution in [0.5, 0.6) is 0 Å². The maximum absolute atomic E-state index is 12.8. The van der Waals surface area contributed by atoms with E-state index >= 15 is 0 Å². The van der Waals surface area contributed by atoms with Gasteiger partial charge in [0.15, 0.2) is 0 Å². The van der Waals surface area contributed by atoms with Gasteiger partial charge in [-0.15, -0.1) is 0 Å². The number of amides is 1. The van der Waals surface area contributed by atoms with Gasteiger partial charge in [-0.1, -0.05) is 53.9 Å². The van der Waals surface area contributed by atoms with Crippen molar-refractivity contribution in [1.82, 2.24) is 0 Å². The largest absolute Gasteiger partial charge is 0.323 e. The number of benzene rings is 2. The smallest absolute Gasteiger partial charge is 0.248 e. The van der Waals surface area contributed by atoms with Gasteiger partial charge in [-0.3, -0.25) is 9.10 Å². The molecule has 2 rings (SSSR count). The lowest BCUT2D eigenvalue weighted by Gasteiger charge is -2.30. The van der Waals surface area contributed by atoms with Crippen molar-refractivity contribution in [3.05, 3.63) is 57.5 Å². The molecule has 0 aliphatic heterocycles. The number of hydrogen-bond acceptors (Lipinski definition) is 3. The first-order chi connectivity index (χ1) is 12.1. The molecule has 1 atom stereocenters. The Kier molecular flexibility index (Phi) is 6.80. The normalized spacial score (nSPS) is 12.5.